The summed E-state index contributed by atoms with van der Waals surface area (Å²) in [6, 6.07) is -0.0756. The van der Waals surface area contributed by atoms with Gasteiger partial charge in [-0.05, 0) is 13.5 Å². The molecule has 0 amide bonds. The predicted molar refractivity (Wildman–Crippen MR) is 68.0 cm³/mol. The predicted octanol–water partition coefficient (Wildman–Crippen LogP) is 1.18. The molecule has 0 aliphatic heterocycles. The van der Waals surface area contributed by atoms with Crippen LogP contribution in [0.2, 0.25) is 0 Å². The average molecular weight is 255 g/mol. The lowest BCUT2D eigenvalue weighted by Gasteiger charge is -2.24. The topological polar surface area (TPSA) is 65.5 Å². The van der Waals surface area contributed by atoms with Gasteiger partial charge in [-0.1, -0.05) is 6.92 Å². The van der Waals surface area contributed by atoms with E-state index in [0.29, 0.717) is 11.8 Å². The number of ether oxygens (including phenoxy) is 3. The highest BCUT2D eigenvalue weighted by atomic mass is 16.5. The van der Waals surface area contributed by atoms with Crippen LogP contribution in [0.25, 0.3) is 0 Å². The summed E-state index contributed by atoms with van der Waals surface area (Å²) in [5, 5.41) is 3.31. The summed E-state index contributed by atoms with van der Waals surface area (Å²) < 4.78 is 15.7. The zero-order valence-corrected chi connectivity index (χ0v) is 11.6. The van der Waals surface area contributed by atoms with Crippen LogP contribution in [-0.2, 0) is 4.74 Å². The number of methoxy groups -OCH3 is 3. The summed E-state index contributed by atoms with van der Waals surface area (Å²) in [4.78, 5) is 8.58. The Hall–Kier alpha value is -1.40. The zero-order valence-electron chi connectivity index (χ0n) is 11.6. The number of aromatic nitrogens is 2. The molecule has 1 N–H and O–H groups in total. The van der Waals surface area contributed by atoms with Crippen molar-refractivity contribution in [1.82, 2.24) is 15.3 Å². The molecule has 0 radical (unpaired) electrons. The zero-order chi connectivity index (χ0) is 13.5. The summed E-state index contributed by atoms with van der Waals surface area (Å²) in [6.07, 6.45) is 1.53. The number of hydrogen-bond donors (Lipinski definition) is 1. The Balaban J connectivity index is 3.10. The molecule has 2 unspecified atom stereocenters. The Morgan fingerprint density at radius 1 is 1.28 bits per heavy atom. The van der Waals surface area contributed by atoms with Crippen LogP contribution in [0.15, 0.2) is 6.20 Å². The smallest absolute Gasteiger partial charge is 0.240 e. The van der Waals surface area contributed by atoms with Gasteiger partial charge in [-0.2, -0.15) is 4.98 Å². The van der Waals surface area contributed by atoms with Crippen LogP contribution in [0.4, 0.5) is 0 Å². The molecule has 1 rings (SSSR count). The molecule has 0 saturated carbocycles. The van der Waals surface area contributed by atoms with Crippen molar-refractivity contribution < 1.29 is 14.2 Å². The molecule has 0 saturated heterocycles. The minimum absolute atomic E-state index is 0.0402. The van der Waals surface area contributed by atoms with Gasteiger partial charge in [0.05, 0.1) is 32.6 Å². The van der Waals surface area contributed by atoms with Gasteiger partial charge in [0.2, 0.25) is 11.8 Å². The number of nitrogens with one attached hydrogen (secondary N) is 1. The van der Waals surface area contributed by atoms with E-state index in [4.69, 9.17) is 14.2 Å². The molecule has 18 heavy (non-hydrogen) atoms. The summed E-state index contributed by atoms with van der Waals surface area (Å²) in [6.45, 7) is 4.80. The second kappa shape index (κ2) is 7.13. The lowest BCUT2D eigenvalue weighted by molar-refractivity contribution is 0.0808. The molecule has 0 fully saturated rings. The number of hydrogen-bond acceptors (Lipinski definition) is 6. The fraction of sp³-hybridized carbons (Fsp3) is 0.667. The summed E-state index contributed by atoms with van der Waals surface area (Å²) in [5.41, 5.74) is 0.717. The SMILES string of the molecule is CCNC(c1ncc(OC)nc1OC)C(C)OC. The van der Waals surface area contributed by atoms with Gasteiger partial charge in [-0.25, -0.2) is 4.98 Å². The first kappa shape index (κ1) is 14.7. The van der Waals surface area contributed by atoms with Crippen molar-refractivity contribution >= 4 is 0 Å². The maximum atomic E-state index is 5.36. The van der Waals surface area contributed by atoms with Gasteiger partial charge in [0.25, 0.3) is 0 Å². The van der Waals surface area contributed by atoms with Gasteiger partial charge in [0, 0.05) is 7.11 Å². The summed E-state index contributed by atoms with van der Waals surface area (Å²) in [5.74, 6) is 0.875. The Kier molecular flexibility index (Phi) is 5.80. The lowest BCUT2D eigenvalue weighted by atomic mass is 10.1. The minimum Gasteiger partial charge on any atom is -0.480 e. The van der Waals surface area contributed by atoms with Crippen molar-refractivity contribution in [2.75, 3.05) is 27.9 Å². The molecular formula is C12H21N3O3. The van der Waals surface area contributed by atoms with Crippen LogP contribution in [-0.4, -0.2) is 43.9 Å². The summed E-state index contributed by atoms with van der Waals surface area (Å²) >= 11 is 0. The molecule has 0 spiro atoms. The van der Waals surface area contributed by atoms with Gasteiger partial charge >= 0.3 is 0 Å². The molecule has 0 bridgehead atoms. The van der Waals surface area contributed by atoms with E-state index in [1.165, 1.54) is 0 Å². The average Bonchev–Trinajstić information content (AvgIpc) is 2.43. The second-order valence-corrected chi connectivity index (χ2v) is 3.78. The van der Waals surface area contributed by atoms with Crippen LogP contribution in [0, 0.1) is 0 Å². The molecular weight excluding hydrogens is 234 g/mol. The van der Waals surface area contributed by atoms with Gasteiger partial charge in [-0.15, -0.1) is 0 Å². The molecule has 0 aromatic carbocycles. The van der Waals surface area contributed by atoms with E-state index in [1.54, 1.807) is 27.5 Å². The molecule has 0 aliphatic rings. The second-order valence-electron chi connectivity index (χ2n) is 3.78. The maximum absolute atomic E-state index is 5.36. The van der Waals surface area contributed by atoms with Gasteiger partial charge in [-0.3, -0.25) is 0 Å². The van der Waals surface area contributed by atoms with Crippen molar-refractivity contribution in [2.45, 2.75) is 26.0 Å². The molecule has 6 heteroatoms. The molecule has 1 heterocycles. The number of likely N-dealkylation sites (N-methyl/N-ethyl adjacent to an activating group) is 1. The van der Waals surface area contributed by atoms with Crippen molar-refractivity contribution in [3.63, 3.8) is 0 Å². The monoisotopic (exact) mass is 255 g/mol. The molecule has 102 valence electrons. The lowest BCUT2D eigenvalue weighted by Crippen LogP contribution is -2.32. The number of rotatable bonds is 7. The minimum atomic E-state index is -0.0756. The first-order valence-electron chi connectivity index (χ1n) is 5.89. The van der Waals surface area contributed by atoms with Crippen LogP contribution in [0.3, 0.4) is 0 Å². The van der Waals surface area contributed by atoms with Crippen LogP contribution in [0.1, 0.15) is 25.6 Å². The van der Waals surface area contributed by atoms with E-state index in [1.807, 2.05) is 13.8 Å². The third-order valence-corrected chi connectivity index (χ3v) is 2.71. The Bertz CT molecular complexity index is 374. The molecule has 1 aromatic heterocycles. The summed E-state index contributed by atoms with van der Waals surface area (Å²) in [7, 11) is 4.77. The van der Waals surface area contributed by atoms with Gasteiger partial charge in [0.15, 0.2) is 0 Å². The van der Waals surface area contributed by atoms with Crippen molar-refractivity contribution in [1.29, 1.82) is 0 Å². The van der Waals surface area contributed by atoms with Crippen LogP contribution >= 0.6 is 0 Å². The van der Waals surface area contributed by atoms with E-state index in [2.05, 4.69) is 15.3 Å². The van der Waals surface area contributed by atoms with Crippen LogP contribution < -0.4 is 14.8 Å². The first-order chi connectivity index (χ1) is 8.67. The molecule has 6 nitrogen and oxygen atoms in total. The first-order valence-corrected chi connectivity index (χ1v) is 5.89. The Labute approximate surface area is 108 Å². The highest BCUT2D eigenvalue weighted by Gasteiger charge is 2.24. The highest BCUT2D eigenvalue weighted by Crippen LogP contribution is 2.26. The third kappa shape index (κ3) is 3.30. The largest absolute Gasteiger partial charge is 0.480 e. The fourth-order valence-electron chi connectivity index (χ4n) is 1.67. The Morgan fingerprint density at radius 3 is 2.50 bits per heavy atom. The maximum Gasteiger partial charge on any atom is 0.240 e. The Morgan fingerprint density at radius 2 is 2.00 bits per heavy atom. The van der Waals surface area contributed by atoms with E-state index >= 15 is 0 Å². The molecule has 2 atom stereocenters. The standard InChI is InChI=1S/C12H21N3O3/c1-6-13-10(8(2)16-3)11-12(18-5)15-9(17-4)7-14-11/h7-8,10,13H,6H2,1-5H3. The van der Waals surface area contributed by atoms with Crippen LogP contribution in [0.5, 0.6) is 11.8 Å². The normalized spacial score (nSPS) is 14.1. The highest BCUT2D eigenvalue weighted by molar-refractivity contribution is 5.26. The quantitative estimate of drug-likeness (QED) is 0.789. The van der Waals surface area contributed by atoms with Crippen molar-refractivity contribution in [3.8, 4) is 11.8 Å². The van der Waals surface area contributed by atoms with E-state index in [-0.39, 0.29) is 12.1 Å². The van der Waals surface area contributed by atoms with E-state index in [0.717, 1.165) is 12.2 Å². The van der Waals surface area contributed by atoms with Crippen molar-refractivity contribution in [2.24, 2.45) is 0 Å². The molecule has 1 aromatic rings. The van der Waals surface area contributed by atoms with Gasteiger partial charge in [0.1, 0.15) is 5.69 Å². The number of nitrogens with zero attached hydrogens (tertiary/aromatic N) is 2. The van der Waals surface area contributed by atoms with Crippen molar-refractivity contribution in [3.05, 3.63) is 11.9 Å². The fourth-order valence-corrected chi connectivity index (χ4v) is 1.67. The molecule has 0 aliphatic carbocycles. The van der Waals surface area contributed by atoms with E-state index in [9.17, 15) is 0 Å². The van der Waals surface area contributed by atoms with Gasteiger partial charge < -0.3 is 19.5 Å². The third-order valence-electron chi connectivity index (χ3n) is 2.71. The van der Waals surface area contributed by atoms with E-state index < -0.39 is 0 Å².